The molecule has 2 N–H and O–H groups in total. The number of rotatable bonds is 3. The first kappa shape index (κ1) is 9.01. The van der Waals surface area contributed by atoms with E-state index in [4.69, 9.17) is 5.73 Å². The van der Waals surface area contributed by atoms with Gasteiger partial charge in [0, 0.05) is 6.04 Å². The Morgan fingerprint density at radius 2 is 2.18 bits per heavy atom. The second-order valence-electron chi connectivity index (χ2n) is 3.57. The monoisotopic (exact) mass is 156 g/mol. The van der Waals surface area contributed by atoms with Crippen molar-refractivity contribution in [1.29, 1.82) is 0 Å². The quantitative estimate of drug-likeness (QED) is 0.662. The average Bonchev–Trinajstić information content (AvgIpc) is 2.50. The van der Waals surface area contributed by atoms with E-state index in [0.717, 1.165) is 25.0 Å². The molecule has 11 heavy (non-hydrogen) atoms. The molecule has 0 heterocycles. The largest absolute Gasteiger partial charge is 0.330 e. The lowest BCUT2D eigenvalue weighted by atomic mass is 10.0. The van der Waals surface area contributed by atoms with E-state index >= 15 is 0 Å². The number of nitrogens with two attached hydrogens (primary N) is 1. The van der Waals surface area contributed by atoms with Gasteiger partial charge in [-0.3, -0.25) is 0 Å². The van der Waals surface area contributed by atoms with Crippen LogP contribution in [-0.2, 0) is 0 Å². The fourth-order valence-corrected chi connectivity index (χ4v) is 2.11. The summed E-state index contributed by atoms with van der Waals surface area (Å²) in [6.07, 6.45) is 4.06. The molecule has 66 valence electrons. The fraction of sp³-hybridized carbons (Fsp3) is 1.00. The Balaban J connectivity index is 2.42. The predicted molar refractivity (Wildman–Crippen MR) is 48.5 cm³/mol. The Morgan fingerprint density at radius 1 is 1.45 bits per heavy atom. The Labute approximate surface area is 69.8 Å². The highest BCUT2D eigenvalue weighted by Crippen LogP contribution is 2.27. The predicted octanol–water partition coefficient (Wildman–Crippen LogP) is 1.07. The first-order chi connectivity index (χ1) is 5.29. The zero-order chi connectivity index (χ0) is 8.27. The van der Waals surface area contributed by atoms with Crippen molar-refractivity contribution in [2.24, 2.45) is 11.7 Å². The molecule has 1 rings (SSSR count). The maximum atomic E-state index is 5.69. The van der Waals surface area contributed by atoms with Crippen LogP contribution in [0.3, 0.4) is 0 Å². The maximum Gasteiger partial charge on any atom is 0.0132 e. The molecule has 0 bridgehead atoms. The first-order valence-corrected chi connectivity index (χ1v) is 4.70. The van der Waals surface area contributed by atoms with E-state index in [1.54, 1.807) is 0 Å². The molecule has 2 nitrogen and oxygen atoms in total. The second-order valence-corrected chi connectivity index (χ2v) is 3.57. The molecule has 1 fully saturated rings. The summed E-state index contributed by atoms with van der Waals surface area (Å²) >= 11 is 0. The van der Waals surface area contributed by atoms with E-state index in [2.05, 4.69) is 18.9 Å². The smallest absolute Gasteiger partial charge is 0.0132 e. The van der Waals surface area contributed by atoms with Gasteiger partial charge in [0.05, 0.1) is 0 Å². The van der Waals surface area contributed by atoms with Gasteiger partial charge in [0.1, 0.15) is 0 Å². The Hall–Kier alpha value is -0.0800. The van der Waals surface area contributed by atoms with Gasteiger partial charge in [0.15, 0.2) is 0 Å². The van der Waals surface area contributed by atoms with Crippen molar-refractivity contribution in [2.45, 2.75) is 32.2 Å². The van der Waals surface area contributed by atoms with Crippen molar-refractivity contribution in [3.63, 3.8) is 0 Å². The van der Waals surface area contributed by atoms with Crippen molar-refractivity contribution >= 4 is 0 Å². The molecule has 2 heteroatoms. The average molecular weight is 156 g/mol. The highest BCUT2D eigenvalue weighted by molar-refractivity contribution is 4.83. The lowest BCUT2D eigenvalue weighted by Gasteiger charge is -2.27. The molecule has 1 saturated carbocycles. The summed E-state index contributed by atoms with van der Waals surface area (Å²) in [5.74, 6) is 0.764. The first-order valence-electron chi connectivity index (χ1n) is 4.70. The van der Waals surface area contributed by atoms with E-state index in [-0.39, 0.29) is 0 Å². The lowest BCUT2D eigenvalue weighted by molar-refractivity contribution is 0.210. The van der Waals surface area contributed by atoms with E-state index in [0.29, 0.717) is 0 Å². The summed E-state index contributed by atoms with van der Waals surface area (Å²) < 4.78 is 0. The molecule has 2 unspecified atom stereocenters. The van der Waals surface area contributed by atoms with Crippen molar-refractivity contribution in [2.75, 3.05) is 20.1 Å². The maximum absolute atomic E-state index is 5.69. The standard InChI is InChI=1S/C9H20N2/c1-3-11(2)9-6-4-5-8(9)7-10/h8-9H,3-7,10H2,1-2H3. The molecule has 2 atom stereocenters. The molecular weight excluding hydrogens is 136 g/mol. The summed E-state index contributed by atoms with van der Waals surface area (Å²) in [5, 5.41) is 0. The summed E-state index contributed by atoms with van der Waals surface area (Å²) in [4.78, 5) is 2.44. The van der Waals surface area contributed by atoms with Crippen LogP contribution in [0.25, 0.3) is 0 Å². The van der Waals surface area contributed by atoms with Gasteiger partial charge in [0.2, 0.25) is 0 Å². The van der Waals surface area contributed by atoms with Crippen LogP contribution in [0.4, 0.5) is 0 Å². The molecule has 0 aromatic heterocycles. The molecule has 0 aromatic rings. The molecule has 0 spiro atoms. The van der Waals surface area contributed by atoms with E-state index < -0.39 is 0 Å². The Morgan fingerprint density at radius 3 is 2.73 bits per heavy atom. The van der Waals surface area contributed by atoms with Crippen LogP contribution in [-0.4, -0.2) is 31.1 Å². The van der Waals surface area contributed by atoms with E-state index in [9.17, 15) is 0 Å². The highest BCUT2D eigenvalue weighted by atomic mass is 15.1. The van der Waals surface area contributed by atoms with Gasteiger partial charge in [-0.05, 0) is 38.9 Å². The molecule has 0 aromatic carbocycles. The lowest BCUT2D eigenvalue weighted by Crippen LogP contribution is -2.37. The molecule has 0 amide bonds. The minimum Gasteiger partial charge on any atom is -0.330 e. The van der Waals surface area contributed by atoms with Crippen LogP contribution in [0.5, 0.6) is 0 Å². The van der Waals surface area contributed by atoms with Gasteiger partial charge >= 0.3 is 0 Å². The van der Waals surface area contributed by atoms with Crippen LogP contribution in [0.15, 0.2) is 0 Å². The molecule has 1 aliphatic carbocycles. The molecule has 0 aliphatic heterocycles. The van der Waals surface area contributed by atoms with Crippen LogP contribution in [0.1, 0.15) is 26.2 Å². The highest BCUT2D eigenvalue weighted by Gasteiger charge is 2.28. The summed E-state index contributed by atoms with van der Waals surface area (Å²) in [7, 11) is 2.21. The van der Waals surface area contributed by atoms with Gasteiger partial charge in [-0.25, -0.2) is 0 Å². The zero-order valence-electron chi connectivity index (χ0n) is 7.71. The number of nitrogens with zero attached hydrogens (tertiary/aromatic N) is 1. The number of hydrogen-bond acceptors (Lipinski definition) is 2. The molecule has 0 radical (unpaired) electrons. The minimum atomic E-state index is 0.764. The zero-order valence-corrected chi connectivity index (χ0v) is 7.71. The molecule has 1 aliphatic rings. The Bertz CT molecular complexity index is 114. The summed E-state index contributed by atoms with van der Waals surface area (Å²) in [6, 6.07) is 0.769. The topological polar surface area (TPSA) is 29.3 Å². The minimum absolute atomic E-state index is 0.764. The van der Waals surface area contributed by atoms with Gasteiger partial charge < -0.3 is 10.6 Å². The summed E-state index contributed by atoms with van der Waals surface area (Å²) in [5.41, 5.74) is 5.69. The van der Waals surface area contributed by atoms with Crippen LogP contribution in [0.2, 0.25) is 0 Å². The van der Waals surface area contributed by atoms with Crippen LogP contribution in [0, 0.1) is 5.92 Å². The van der Waals surface area contributed by atoms with Crippen molar-refractivity contribution in [3.8, 4) is 0 Å². The molecular formula is C9H20N2. The third-order valence-electron chi connectivity index (χ3n) is 2.99. The van der Waals surface area contributed by atoms with Crippen LogP contribution >= 0.6 is 0 Å². The van der Waals surface area contributed by atoms with Crippen molar-refractivity contribution in [3.05, 3.63) is 0 Å². The van der Waals surface area contributed by atoms with Gasteiger partial charge in [-0.15, -0.1) is 0 Å². The van der Waals surface area contributed by atoms with Gasteiger partial charge in [0.25, 0.3) is 0 Å². The SMILES string of the molecule is CCN(C)C1CCCC1CN. The third kappa shape index (κ3) is 1.94. The Kier molecular flexibility index (Phi) is 3.34. The normalized spacial score (nSPS) is 31.6. The van der Waals surface area contributed by atoms with Crippen molar-refractivity contribution in [1.82, 2.24) is 4.90 Å². The van der Waals surface area contributed by atoms with Crippen molar-refractivity contribution < 1.29 is 0 Å². The summed E-state index contributed by atoms with van der Waals surface area (Å²) in [6.45, 7) is 4.24. The van der Waals surface area contributed by atoms with Gasteiger partial charge in [-0.1, -0.05) is 13.3 Å². The van der Waals surface area contributed by atoms with Crippen LogP contribution < -0.4 is 5.73 Å². The van der Waals surface area contributed by atoms with E-state index in [1.165, 1.54) is 19.3 Å². The molecule has 0 saturated heterocycles. The second kappa shape index (κ2) is 4.07. The van der Waals surface area contributed by atoms with E-state index in [1.807, 2.05) is 0 Å². The number of hydrogen-bond donors (Lipinski definition) is 1. The third-order valence-corrected chi connectivity index (χ3v) is 2.99. The fourth-order valence-electron chi connectivity index (χ4n) is 2.11. The van der Waals surface area contributed by atoms with Gasteiger partial charge in [-0.2, -0.15) is 0 Å².